The van der Waals surface area contributed by atoms with E-state index in [1.807, 2.05) is 18.2 Å². The fraction of sp³-hybridized carbons (Fsp3) is 0.640. The molecule has 2 aliphatic rings. The molecular weight excluding hydrogens is 390 g/mol. The molecule has 0 bridgehead atoms. The summed E-state index contributed by atoms with van der Waals surface area (Å²) >= 11 is 0. The number of urea groups is 1. The lowest BCUT2D eigenvalue weighted by atomic mass is 9.65. The second-order valence-electron chi connectivity index (χ2n) is 9.84. The summed E-state index contributed by atoms with van der Waals surface area (Å²) in [4.78, 5) is 39.3. The van der Waals surface area contributed by atoms with Crippen LogP contribution in [0.5, 0.6) is 0 Å². The Balaban J connectivity index is 1.56. The molecule has 31 heavy (non-hydrogen) atoms. The Morgan fingerprint density at radius 1 is 1.19 bits per heavy atom. The van der Waals surface area contributed by atoms with Crippen LogP contribution in [0.1, 0.15) is 77.7 Å². The lowest BCUT2D eigenvalue weighted by Gasteiger charge is -2.42. The van der Waals surface area contributed by atoms with Gasteiger partial charge in [0.1, 0.15) is 12.1 Å². The third-order valence-electron chi connectivity index (χ3n) is 7.71. The molecule has 1 saturated carbocycles. The van der Waals surface area contributed by atoms with Crippen molar-refractivity contribution >= 4 is 17.8 Å². The maximum atomic E-state index is 13.1. The first-order valence-corrected chi connectivity index (χ1v) is 11.7. The first kappa shape index (κ1) is 23.3. The highest BCUT2D eigenvalue weighted by atomic mass is 16.2. The van der Waals surface area contributed by atoms with Gasteiger partial charge in [0.2, 0.25) is 5.91 Å². The molecule has 1 heterocycles. The van der Waals surface area contributed by atoms with Crippen LogP contribution in [0.4, 0.5) is 4.79 Å². The van der Waals surface area contributed by atoms with Crippen LogP contribution in [0, 0.1) is 11.3 Å². The average Bonchev–Trinajstić information content (AvgIpc) is 2.99. The molecule has 0 aromatic heterocycles. The Hall–Kier alpha value is -2.37. The van der Waals surface area contributed by atoms with Gasteiger partial charge in [0.15, 0.2) is 0 Å². The normalized spacial score (nSPS) is 24.9. The topological polar surface area (TPSA) is 78.5 Å². The van der Waals surface area contributed by atoms with E-state index in [0.717, 1.165) is 30.6 Å². The summed E-state index contributed by atoms with van der Waals surface area (Å²) in [6, 6.07) is 9.61. The van der Waals surface area contributed by atoms with E-state index in [1.54, 1.807) is 0 Å². The number of hydrogen-bond donors (Lipinski definition) is 2. The number of carbonyl (C=O) groups excluding carboxylic acids is 3. The average molecular weight is 428 g/mol. The van der Waals surface area contributed by atoms with Crippen LogP contribution in [0.3, 0.4) is 0 Å². The molecule has 1 unspecified atom stereocenters. The van der Waals surface area contributed by atoms with Crippen molar-refractivity contribution in [3.63, 3.8) is 0 Å². The van der Waals surface area contributed by atoms with Crippen molar-refractivity contribution < 1.29 is 14.4 Å². The fourth-order valence-corrected chi connectivity index (χ4v) is 5.00. The Morgan fingerprint density at radius 2 is 1.84 bits per heavy atom. The Bertz CT molecular complexity index is 797. The lowest BCUT2D eigenvalue weighted by Crippen LogP contribution is -2.51. The molecule has 170 valence electrons. The van der Waals surface area contributed by atoms with Crippen LogP contribution in [0.2, 0.25) is 0 Å². The summed E-state index contributed by atoms with van der Waals surface area (Å²) in [7, 11) is 0. The first-order valence-electron chi connectivity index (χ1n) is 11.7. The number of nitrogens with zero attached hydrogens (tertiary/aromatic N) is 1. The van der Waals surface area contributed by atoms with E-state index in [9.17, 15) is 14.4 Å². The third kappa shape index (κ3) is 4.94. The minimum absolute atomic E-state index is 0.205. The zero-order valence-electron chi connectivity index (χ0n) is 19.4. The van der Waals surface area contributed by atoms with Gasteiger partial charge in [-0.15, -0.1) is 0 Å². The Kier molecular flexibility index (Phi) is 7.07. The van der Waals surface area contributed by atoms with Crippen LogP contribution >= 0.6 is 0 Å². The summed E-state index contributed by atoms with van der Waals surface area (Å²) in [6.45, 7) is 9.11. The molecule has 2 fully saturated rings. The number of amides is 4. The SMILES string of the molecule is CCC(CNC(=O)CN1C(=O)NC2(CCC(C(C)(C)CC)CC2)C1=O)c1ccccc1. The molecule has 1 saturated heterocycles. The van der Waals surface area contributed by atoms with Gasteiger partial charge < -0.3 is 10.6 Å². The maximum Gasteiger partial charge on any atom is 0.325 e. The van der Waals surface area contributed by atoms with Crippen molar-refractivity contribution in [3.8, 4) is 0 Å². The molecule has 4 amide bonds. The predicted octanol–water partition coefficient (Wildman–Crippen LogP) is 4.21. The van der Waals surface area contributed by atoms with E-state index in [1.165, 1.54) is 5.56 Å². The van der Waals surface area contributed by atoms with Crippen molar-refractivity contribution in [2.75, 3.05) is 13.1 Å². The smallest absolute Gasteiger partial charge is 0.325 e. The van der Waals surface area contributed by atoms with Gasteiger partial charge in [-0.25, -0.2) is 4.79 Å². The summed E-state index contributed by atoms with van der Waals surface area (Å²) in [5.41, 5.74) is 0.584. The van der Waals surface area contributed by atoms with E-state index in [0.29, 0.717) is 25.3 Å². The number of rotatable bonds is 8. The summed E-state index contributed by atoms with van der Waals surface area (Å²) in [5, 5.41) is 5.84. The number of imide groups is 1. The van der Waals surface area contributed by atoms with Crippen LogP contribution in [0.25, 0.3) is 0 Å². The molecule has 2 N–H and O–H groups in total. The van der Waals surface area contributed by atoms with Gasteiger partial charge in [-0.1, -0.05) is 64.4 Å². The van der Waals surface area contributed by atoms with Crippen molar-refractivity contribution in [1.29, 1.82) is 0 Å². The second-order valence-corrected chi connectivity index (χ2v) is 9.84. The molecule has 3 rings (SSSR count). The quantitative estimate of drug-likeness (QED) is 0.610. The molecule has 6 heteroatoms. The molecule has 0 radical (unpaired) electrons. The van der Waals surface area contributed by atoms with Crippen LogP contribution in [-0.2, 0) is 9.59 Å². The Morgan fingerprint density at radius 3 is 2.42 bits per heavy atom. The number of benzene rings is 1. The van der Waals surface area contributed by atoms with E-state index < -0.39 is 11.6 Å². The molecular formula is C25H37N3O3. The van der Waals surface area contributed by atoms with E-state index in [4.69, 9.17) is 0 Å². The molecule has 1 aromatic rings. The van der Waals surface area contributed by atoms with Gasteiger partial charge >= 0.3 is 6.03 Å². The molecule has 1 spiro atoms. The highest BCUT2D eigenvalue weighted by molar-refractivity contribution is 6.09. The molecule has 1 aliphatic carbocycles. The number of nitrogens with one attached hydrogen (secondary N) is 2. The summed E-state index contributed by atoms with van der Waals surface area (Å²) < 4.78 is 0. The van der Waals surface area contributed by atoms with Gasteiger partial charge in [0.05, 0.1) is 0 Å². The largest absolute Gasteiger partial charge is 0.354 e. The molecule has 1 aromatic carbocycles. The second kappa shape index (κ2) is 9.41. The van der Waals surface area contributed by atoms with Gasteiger partial charge in [-0.05, 0) is 49.0 Å². The monoisotopic (exact) mass is 427 g/mol. The van der Waals surface area contributed by atoms with E-state index in [-0.39, 0.29) is 29.7 Å². The minimum Gasteiger partial charge on any atom is -0.354 e. The Labute approximate surface area is 186 Å². The van der Waals surface area contributed by atoms with Gasteiger partial charge in [-0.2, -0.15) is 0 Å². The van der Waals surface area contributed by atoms with Crippen molar-refractivity contribution in [3.05, 3.63) is 35.9 Å². The summed E-state index contributed by atoms with van der Waals surface area (Å²) in [5.74, 6) is 0.220. The molecule has 1 atom stereocenters. The highest BCUT2D eigenvalue weighted by Gasteiger charge is 2.53. The van der Waals surface area contributed by atoms with Gasteiger partial charge in [-0.3, -0.25) is 14.5 Å². The third-order valence-corrected chi connectivity index (χ3v) is 7.71. The van der Waals surface area contributed by atoms with Crippen LogP contribution in [0.15, 0.2) is 30.3 Å². The van der Waals surface area contributed by atoms with Crippen molar-refractivity contribution in [1.82, 2.24) is 15.5 Å². The zero-order valence-corrected chi connectivity index (χ0v) is 19.4. The first-order chi connectivity index (χ1) is 14.7. The van der Waals surface area contributed by atoms with Crippen molar-refractivity contribution in [2.45, 2.75) is 77.7 Å². The summed E-state index contributed by atoms with van der Waals surface area (Å²) in [6.07, 6.45) is 5.13. The maximum absolute atomic E-state index is 13.1. The number of carbonyl (C=O) groups is 3. The van der Waals surface area contributed by atoms with Crippen LogP contribution in [-0.4, -0.2) is 41.4 Å². The predicted molar refractivity (Wildman–Crippen MR) is 121 cm³/mol. The standard InChI is InChI=1S/C25H37N3O3/c1-5-18(19-10-8-7-9-11-19)16-26-21(29)17-28-22(30)25(27-23(28)31)14-12-20(13-15-25)24(3,4)6-2/h7-11,18,20H,5-6,12-17H2,1-4H3,(H,26,29)(H,27,31). The van der Waals surface area contributed by atoms with Gasteiger partial charge in [0.25, 0.3) is 5.91 Å². The van der Waals surface area contributed by atoms with Crippen molar-refractivity contribution in [2.24, 2.45) is 11.3 Å². The number of hydrogen-bond acceptors (Lipinski definition) is 3. The highest BCUT2D eigenvalue weighted by Crippen LogP contribution is 2.45. The fourth-order valence-electron chi connectivity index (χ4n) is 5.00. The lowest BCUT2D eigenvalue weighted by molar-refractivity contribution is -0.136. The molecule has 1 aliphatic heterocycles. The van der Waals surface area contributed by atoms with Crippen LogP contribution < -0.4 is 10.6 Å². The zero-order chi connectivity index (χ0) is 22.6. The van der Waals surface area contributed by atoms with Gasteiger partial charge in [0, 0.05) is 12.5 Å². The minimum atomic E-state index is -0.826. The van der Waals surface area contributed by atoms with E-state index in [2.05, 4.69) is 50.5 Å². The molecule has 6 nitrogen and oxygen atoms in total. The van der Waals surface area contributed by atoms with E-state index >= 15 is 0 Å².